The number of benzene rings is 3. The van der Waals surface area contributed by atoms with Gasteiger partial charge in [-0.15, -0.1) is 12.8 Å². The molecule has 0 saturated heterocycles. The van der Waals surface area contributed by atoms with Crippen LogP contribution < -0.4 is 15.8 Å². The van der Waals surface area contributed by atoms with Crippen molar-refractivity contribution in [2.24, 2.45) is 5.73 Å². The van der Waals surface area contributed by atoms with Gasteiger partial charge in [-0.1, -0.05) is 73.5 Å². The van der Waals surface area contributed by atoms with E-state index in [0.29, 0.717) is 18.1 Å². The molecule has 13 heteroatoms. The zero-order valence-corrected chi connectivity index (χ0v) is 27.0. The van der Waals surface area contributed by atoms with Gasteiger partial charge in [-0.2, -0.15) is 30.7 Å². The van der Waals surface area contributed by atoms with Gasteiger partial charge in [0.25, 0.3) is 0 Å². The molecule has 0 fully saturated rings. The first kappa shape index (κ1) is 45.7. The van der Waals surface area contributed by atoms with E-state index in [1.165, 1.54) is 24.0 Å². The second-order valence-electron chi connectivity index (χ2n) is 9.69. The Hall–Kier alpha value is -4.44. The van der Waals surface area contributed by atoms with Crippen molar-refractivity contribution in [3.8, 4) is 18.6 Å². The van der Waals surface area contributed by atoms with Gasteiger partial charge in [-0.25, -0.2) is 4.39 Å². The Morgan fingerprint density at radius 2 is 1.48 bits per heavy atom. The van der Waals surface area contributed by atoms with Gasteiger partial charge in [0.1, 0.15) is 24.4 Å². The van der Waals surface area contributed by atoms with Gasteiger partial charge in [0.05, 0.1) is 0 Å². The second-order valence-corrected chi connectivity index (χ2v) is 9.69. The van der Waals surface area contributed by atoms with Crippen molar-refractivity contribution in [1.82, 2.24) is 5.32 Å². The SMILES string of the molecule is C#C.CN.C[C@H](c1cccc(CCCCCC=O)c1)c1cc(F)cc(OC(F)(F)C(F)F)c1.Cc1ccccc1.O=CNCC(F)(F)F. The number of aryl methyl sites for hydroxylation is 2. The molecule has 0 spiro atoms. The number of terminal acetylenes is 1. The molecule has 0 aliphatic carbocycles. The maximum atomic E-state index is 13.9. The van der Waals surface area contributed by atoms with Crippen molar-refractivity contribution < 1.29 is 49.4 Å². The lowest BCUT2D eigenvalue weighted by Crippen LogP contribution is -2.33. The standard InChI is InChI=1S/C22H23F5O2.C7H8.C3H4F3NO.C2H2.CH5N/c1-15(17-9-6-8-16(11-17)7-4-2-3-5-10-28)18-12-19(23)14-20(13-18)29-22(26,27)21(24)25;1-7-5-3-2-4-6-7;4-3(5,6)1-7-2-8;2*1-2/h6,8-15,21H,2-5,7H2,1H3;2-6H,1H3;2H,1H2,(H,7,8);1-2H;2H2,1H3/t15-;;;;/m1..../s1. The van der Waals surface area contributed by atoms with Crippen LogP contribution in [0.15, 0.2) is 72.8 Å². The molecule has 3 rings (SSSR count). The van der Waals surface area contributed by atoms with E-state index >= 15 is 0 Å². The van der Waals surface area contributed by atoms with E-state index in [4.69, 9.17) is 0 Å². The van der Waals surface area contributed by atoms with Gasteiger partial charge in [0, 0.05) is 18.4 Å². The fourth-order valence-corrected chi connectivity index (χ4v) is 3.73. The second kappa shape index (κ2) is 25.6. The Morgan fingerprint density at radius 3 is 1.96 bits per heavy atom. The van der Waals surface area contributed by atoms with Gasteiger partial charge in [-0.05, 0) is 62.1 Å². The average molecular weight is 691 g/mol. The molecule has 3 aromatic rings. The Kier molecular flexibility index (Phi) is 24.4. The molecule has 0 aliphatic rings. The quantitative estimate of drug-likeness (QED) is 0.0815. The van der Waals surface area contributed by atoms with Gasteiger partial charge < -0.3 is 20.6 Å². The summed E-state index contributed by atoms with van der Waals surface area (Å²) in [6.45, 7) is 2.60. The Balaban J connectivity index is 0. The summed E-state index contributed by atoms with van der Waals surface area (Å²) < 4.78 is 102. The summed E-state index contributed by atoms with van der Waals surface area (Å²) in [5.74, 6) is -1.85. The Bertz CT molecular complexity index is 1300. The Labute approximate surface area is 276 Å². The summed E-state index contributed by atoms with van der Waals surface area (Å²) in [5.41, 5.74) is 8.07. The van der Waals surface area contributed by atoms with Crippen LogP contribution in [0.1, 0.15) is 60.8 Å². The van der Waals surface area contributed by atoms with Crippen LogP contribution in [-0.2, 0) is 16.0 Å². The molecule has 0 radical (unpaired) electrons. The normalized spacial score (nSPS) is 11.0. The molecule has 0 unspecified atom stereocenters. The van der Waals surface area contributed by atoms with Gasteiger partial charge in [0.15, 0.2) is 0 Å². The molecular formula is C35H42F8N2O3. The summed E-state index contributed by atoms with van der Waals surface area (Å²) >= 11 is 0. The molecule has 266 valence electrons. The predicted molar refractivity (Wildman–Crippen MR) is 171 cm³/mol. The lowest BCUT2D eigenvalue weighted by Gasteiger charge is -2.19. The minimum Gasteiger partial charge on any atom is -0.428 e. The van der Waals surface area contributed by atoms with Crippen molar-refractivity contribution >= 4 is 12.7 Å². The number of nitrogens with two attached hydrogens (primary N) is 1. The number of amides is 1. The average Bonchev–Trinajstić information content (AvgIpc) is 3.05. The van der Waals surface area contributed by atoms with Crippen LogP contribution >= 0.6 is 0 Å². The van der Waals surface area contributed by atoms with Crippen molar-refractivity contribution in [1.29, 1.82) is 0 Å². The van der Waals surface area contributed by atoms with E-state index in [9.17, 15) is 44.7 Å². The lowest BCUT2D eigenvalue weighted by atomic mass is 9.91. The van der Waals surface area contributed by atoms with E-state index in [1.54, 1.807) is 6.92 Å². The molecule has 1 amide bonds. The van der Waals surface area contributed by atoms with Crippen molar-refractivity contribution in [3.63, 3.8) is 0 Å². The van der Waals surface area contributed by atoms with Crippen LogP contribution in [0, 0.1) is 25.6 Å². The molecule has 48 heavy (non-hydrogen) atoms. The summed E-state index contributed by atoms with van der Waals surface area (Å²) in [7, 11) is 1.50. The van der Waals surface area contributed by atoms with Crippen LogP contribution in [-0.4, -0.2) is 45.0 Å². The smallest absolute Gasteiger partial charge is 0.428 e. The molecule has 3 aromatic carbocycles. The van der Waals surface area contributed by atoms with Gasteiger partial charge >= 0.3 is 18.7 Å². The number of nitrogens with one attached hydrogen (secondary N) is 1. The van der Waals surface area contributed by atoms with E-state index in [-0.39, 0.29) is 12.3 Å². The monoisotopic (exact) mass is 690 g/mol. The molecule has 3 N–H and O–H groups in total. The first-order valence-electron chi connectivity index (χ1n) is 14.5. The highest BCUT2D eigenvalue weighted by molar-refractivity contribution is 5.49. The number of hydrogen-bond donors (Lipinski definition) is 2. The number of unbranched alkanes of at least 4 members (excludes halogenated alkanes) is 3. The van der Waals surface area contributed by atoms with Crippen molar-refractivity contribution in [3.05, 3.63) is 101 Å². The maximum absolute atomic E-state index is 13.9. The fourth-order valence-electron chi connectivity index (χ4n) is 3.73. The highest BCUT2D eigenvalue weighted by atomic mass is 19.4. The van der Waals surface area contributed by atoms with Gasteiger partial charge in [0.2, 0.25) is 6.41 Å². The lowest BCUT2D eigenvalue weighted by molar-refractivity contribution is -0.253. The zero-order valence-electron chi connectivity index (χ0n) is 27.0. The van der Waals surface area contributed by atoms with E-state index < -0.39 is 36.8 Å². The predicted octanol–water partition coefficient (Wildman–Crippen LogP) is 8.63. The number of hydrogen-bond acceptors (Lipinski definition) is 4. The molecule has 5 nitrogen and oxygen atoms in total. The number of alkyl halides is 7. The summed E-state index contributed by atoms with van der Waals surface area (Å²) in [6.07, 6.45) is -0.0377. The number of aldehydes is 1. The van der Waals surface area contributed by atoms with Crippen molar-refractivity contribution in [2.75, 3.05) is 13.6 Å². The van der Waals surface area contributed by atoms with Crippen LogP contribution in [0.5, 0.6) is 5.75 Å². The number of ether oxygens (including phenoxy) is 1. The largest absolute Gasteiger partial charge is 0.461 e. The van der Waals surface area contributed by atoms with Crippen LogP contribution in [0.4, 0.5) is 35.1 Å². The highest BCUT2D eigenvalue weighted by Gasteiger charge is 2.44. The number of carbonyl (C=O) groups excluding carboxylic acids is 2. The number of halogens is 8. The minimum absolute atomic E-state index is 0.00743. The number of carbonyl (C=O) groups is 2. The number of rotatable bonds is 13. The first-order chi connectivity index (χ1) is 22.7. The van der Waals surface area contributed by atoms with Crippen LogP contribution in [0.3, 0.4) is 0 Å². The van der Waals surface area contributed by atoms with E-state index in [2.05, 4.69) is 42.4 Å². The third-order valence-corrected chi connectivity index (χ3v) is 5.97. The van der Waals surface area contributed by atoms with Crippen molar-refractivity contribution in [2.45, 2.75) is 70.6 Å². The molecule has 1 atom stereocenters. The summed E-state index contributed by atoms with van der Waals surface area (Å²) in [6, 6.07) is 20.8. The first-order valence-corrected chi connectivity index (χ1v) is 14.5. The molecule has 0 bridgehead atoms. The van der Waals surface area contributed by atoms with Crippen LogP contribution in [0.2, 0.25) is 0 Å². The summed E-state index contributed by atoms with van der Waals surface area (Å²) in [5, 5.41) is 1.48. The third kappa shape index (κ3) is 21.4. The van der Waals surface area contributed by atoms with Gasteiger partial charge in [-0.3, -0.25) is 4.79 Å². The minimum atomic E-state index is -4.70. The molecule has 0 aromatic heterocycles. The van der Waals surface area contributed by atoms with E-state index in [0.717, 1.165) is 49.2 Å². The maximum Gasteiger partial charge on any atom is 0.461 e. The molecular weight excluding hydrogens is 648 g/mol. The highest BCUT2D eigenvalue weighted by Crippen LogP contribution is 2.32. The molecule has 0 saturated carbocycles. The molecule has 0 heterocycles. The Morgan fingerprint density at radius 1 is 0.854 bits per heavy atom. The zero-order chi connectivity index (χ0) is 37.2. The summed E-state index contributed by atoms with van der Waals surface area (Å²) in [4.78, 5) is 19.6. The topological polar surface area (TPSA) is 81.4 Å². The van der Waals surface area contributed by atoms with E-state index in [1.807, 2.05) is 42.5 Å². The third-order valence-electron chi connectivity index (χ3n) is 5.97. The fraction of sp³-hybridized carbons (Fsp3) is 0.371. The van der Waals surface area contributed by atoms with Crippen LogP contribution in [0.25, 0.3) is 0 Å². The molecule has 0 aliphatic heterocycles.